The third kappa shape index (κ3) is 4.29. The highest BCUT2D eigenvalue weighted by Gasteiger charge is 2.47. The number of nitrogens with zero attached hydrogens (tertiary/aromatic N) is 3. The van der Waals surface area contributed by atoms with Crippen molar-refractivity contribution in [3.63, 3.8) is 0 Å². The fraction of sp³-hybridized carbons (Fsp3) is 0.667. The van der Waals surface area contributed by atoms with E-state index in [-0.39, 0.29) is 0 Å². The van der Waals surface area contributed by atoms with Crippen LogP contribution in [0.4, 0.5) is 4.79 Å². The second-order valence-electron chi connectivity index (χ2n) is 9.38. The van der Waals surface area contributed by atoms with Crippen LogP contribution < -0.4 is 0 Å². The molecule has 1 amide bonds. The van der Waals surface area contributed by atoms with Gasteiger partial charge >= 0.3 is 6.09 Å². The van der Waals surface area contributed by atoms with Crippen LogP contribution in [0.1, 0.15) is 68.4 Å². The first-order valence-electron chi connectivity index (χ1n) is 10.6. The Bertz CT molecular complexity index is 895. The summed E-state index contributed by atoms with van der Waals surface area (Å²) in [4.78, 5) is 18.4. The molecule has 0 aromatic carbocycles. The molecule has 2 heterocycles. The fourth-order valence-electron chi connectivity index (χ4n) is 3.36. The van der Waals surface area contributed by atoms with E-state index in [0.717, 1.165) is 0 Å². The van der Waals surface area contributed by atoms with Gasteiger partial charge in [-0.1, -0.05) is 0 Å². The number of pyridine rings is 1. The number of hydrogen-bond acceptors (Lipinski definition) is 4. The molecular formula is C21H31N3O3S. The van der Waals surface area contributed by atoms with Crippen LogP contribution in [0.2, 0.25) is 0 Å². The monoisotopic (exact) mass is 407 g/mol. The van der Waals surface area contributed by atoms with E-state index in [1.54, 1.807) is 23.2 Å². The van der Waals surface area contributed by atoms with Crippen LogP contribution in [-0.2, 0) is 22.1 Å². The Morgan fingerprint density at radius 1 is 1.29 bits per heavy atom. The Hall–Kier alpha value is -1.76. The number of amides is 1. The third-order valence-corrected chi connectivity index (χ3v) is 6.24. The van der Waals surface area contributed by atoms with Crippen molar-refractivity contribution < 1.29 is 16.5 Å². The van der Waals surface area contributed by atoms with Crippen molar-refractivity contribution in [1.82, 2.24) is 9.88 Å². The van der Waals surface area contributed by atoms with Crippen molar-refractivity contribution in [3.05, 3.63) is 29.6 Å². The number of aromatic nitrogens is 1. The Balaban J connectivity index is 1.99. The van der Waals surface area contributed by atoms with E-state index in [1.165, 1.54) is 0 Å². The van der Waals surface area contributed by atoms with Gasteiger partial charge in [-0.05, 0) is 66.5 Å². The Kier molecular flexibility index (Phi) is 4.73. The molecule has 0 unspecified atom stereocenters. The van der Waals surface area contributed by atoms with Gasteiger partial charge in [0.2, 0.25) is 0 Å². The zero-order valence-corrected chi connectivity index (χ0v) is 18.4. The number of rotatable bonds is 1. The molecule has 1 spiro atoms. The number of carbonyl (C=O) groups is 1. The average molecular weight is 408 g/mol. The predicted molar refractivity (Wildman–Crippen MR) is 112 cm³/mol. The fourth-order valence-corrected chi connectivity index (χ4v) is 4.07. The van der Waals surface area contributed by atoms with Crippen LogP contribution in [0.15, 0.2) is 22.7 Å². The molecule has 0 saturated carbocycles. The maximum Gasteiger partial charge on any atom is 0.410 e. The predicted octanol–water partition coefficient (Wildman–Crippen LogP) is 3.91. The van der Waals surface area contributed by atoms with Gasteiger partial charge in [-0.3, -0.25) is 4.98 Å². The van der Waals surface area contributed by atoms with Gasteiger partial charge in [-0.25, -0.2) is 9.00 Å². The van der Waals surface area contributed by atoms with Gasteiger partial charge in [0.1, 0.15) is 16.6 Å². The lowest BCUT2D eigenvalue weighted by molar-refractivity contribution is 0.0159. The number of piperidine rings is 1. The summed E-state index contributed by atoms with van der Waals surface area (Å²) in [6.07, 6.45) is 0.114. The lowest BCUT2D eigenvalue weighted by atomic mass is 9.75. The normalized spacial score (nSPS) is 24.5. The molecule has 1 atom stereocenters. The van der Waals surface area contributed by atoms with Gasteiger partial charge in [0.25, 0.3) is 0 Å². The maximum atomic E-state index is 12.9. The van der Waals surface area contributed by atoms with E-state index in [9.17, 15) is 9.00 Å². The SMILES string of the molecule is [2H]C1([2H])c2ncccc2/C(=N\[S@](=O)C(C)(C)C)C12CCN(C(=O)OC(C)(C)C)CC2. The summed E-state index contributed by atoms with van der Waals surface area (Å²) in [6.45, 7) is 11.7. The quantitative estimate of drug-likeness (QED) is 0.708. The van der Waals surface area contributed by atoms with Gasteiger partial charge in [0, 0.05) is 39.4 Å². The van der Waals surface area contributed by atoms with E-state index in [2.05, 4.69) is 9.38 Å². The summed E-state index contributed by atoms with van der Waals surface area (Å²) < 4.78 is 40.3. The Labute approximate surface area is 173 Å². The number of hydrogen-bond donors (Lipinski definition) is 0. The zero-order valence-electron chi connectivity index (χ0n) is 19.5. The minimum absolute atomic E-state index is 0.334. The van der Waals surface area contributed by atoms with Gasteiger partial charge in [-0.15, -0.1) is 0 Å². The highest BCUT2D eigenvalue weighted by Crippen LogP contribution is 2.45. The molecule has 0 N–H and O–H groups in total. The van der Waals surface area contributed by atoms with E-state index >= 15 is 0 Å². The molecule has 3 rings (SSSR count). The van der Waals surface area contributed by atoms with Gasteiger partial charge < -0.3 is 9.64 Å². The number of fused-ring (bicyclic) bond motifs is 1. The molecule has 1 aliphatic carbocycles. The number of ether oxygens (including phenoxy) is 1. The van der Waals surface area contributed by atoms with Crippen molar-refractivity contribution >= 4 is 22.8 Å². The summed E-state index contributed by atoms with van der Waals surface area (Å²) in [6, 6.07) is 3.55. The summed E-state index contributed by atoms with van der Waals surface area (Å²) in [5.74, 6) is 0. The van der Waals surface area contributed by atoms with Crippen LogP contribution in [0.3, 0.4) is 0 Å². The van der Waals surface area contributed by atoms with Crippen LogP contribution in [0.25, 0.3) is 0 Å². The molecule has 154 valence electrons. The number of likely N-dealkylation sites (tertiary alicyclic amines) is 1. The highest BCUT2D eigenvalue weighted by molar-refractivity contribution is 7.85. The van der Waals surface area contributed by atoms with E-state index in [4.69, 9.17) is 7.48 Å². The van der Waals surface area contributed by atoms with Crippen LogP contribution in [0, 0.1) is 5.41 Å². The topological polar surface area (TPSA) is 71.9 Å². The van der Waals surface area contributed by atoms with Crippen LogP contribution in [-0.4, -0.2) is 49.3 Å². The second-order valence-corrected chi connectivity index (χ2v) is 11.3. The Morgan fingerprint density at radius 3 is 2.50 bits per heavy atom. The van der Waals surface area contributed by atoms with E-state index in [0.29, 0.717) is 42.9 Å². The Morgan fingerprint density at radius 2 is 1.93 bits per heavy atom. The standard InChI is InChI=1S/C21H31N3O3S/c1-19(2,3)27-18(25)24-12-9-21(10-13-24)14-16-15(8-7-11-22-16)17(21)23-28(26)20(4,5)6/h7-8,11H,9-10,12-14H2,1-6H3/b23-17+/t28-/m1/s1/i14D2. The summed E-state index contributed by atoms with van der Waals surface area (Å²) >= 11 is 0. The molecule has 7 heteroatoms. The molecule has 1 aromatic rings. The minimum atomic E-state index is -1.77. The third-order valence-electron chi connectivity index (χ3n) is 4.84. The molecule has 6 nitrogen and oxygen atoms in total. The molecule has 0 radical (unpaired) electrons. The lowest BCUT2D eigenvalue weighted by Crippen LogP contribution is -2.47. The lowest BCUT2D eigenvalue weighted by Gasteiger charge is -2.40. The summed E-state index contributed by atoms with van der Waals surface area (Å²) in [7, 11) is -1.54. The minimum Gasteiger partial charge on any atom is -0.444 e. The largest absolute Gasteiger partial charge is 0.444 e. The molecule has 28 heavy (non-hydrogen) atoms. The van der Waals surface area contributed by atoms with E-state index < -0.39 is 39.2 Å². The first kappa shape index (κ1) is 18.3. The second kappa shape index (κ2) is 7.25. The average Bonchev–Trinajstić information content (AvgIpc) is 2.79. The first-order valence-corrected chi connectivity index (χ1v) is 10.7. The molecule has 1 fully saturated rings. The molecule has 1 aromatic heterocycles. The van der Waals surface area contributed by atoms with Gasteiger partial charge in [0.05, 0.1) is 16.2 Å². The highest BCUT2D eigenvalue weighted by atomic mass is 32.2. The zero-order chi connectivity index (χ0) is 22.5. The van der Waals surface area contributed by atoms with Gasteiger partial charge in [-0.2, -0.15) is 4.40 Å². The summed E-state index contributed by atoms with van der Waals surface area (Å²) in [5, 5.41) is 0. The van der Waals surface area contributed by atoms with Crippen molar-refractivity contribution in [1.29, 1.82) is 0 Å². The van der Waals surface area contributed by atoms with Gasteiger partial charge in [0.15, 0.2) is 0 Å². The van der Waals surface area contributed by atoms with Crippen molar-refractivity contribution in [2.45, 2.75) is 71.1 Å². The molecule has 1 aliphatic heterocycles. The van der Waals surface area contributed by atoms with Crippen molar-refractivity contribution in [2.75, 3.05) is 13.1 Å². The molecule has 1 saturated heterocycles. The van der Waals surface area contributed by atoms with Crippen LogP contribution >= 0.6 is 0 Å². The molecule has 0 bridgehead atoms. The smallest absolute Gasteiger partial charge is 0.410 e. The molecule has 2 aliphatic rings. The van der Waals surface area contributed by atoms with Crippen LogP contribution in [0.5, 0.6) is 0 Å². The first-order chi connectivity index (χ1) is 13.7. The molecular weight excluding hydrogens is 374 g/mol. The number of carbonyl (C=O) groups excluding carboxylic acids is 1. The summed E-state index contributed by atoms with van der Waals surface area (Å²) in [5.41, 5.74) is -0.118. The maximum absolute atomic E-state index is 12.9. The van der Waals surface area contributed by atoms with Crippen molar-refractivity contribution in [2.24, 2.45) is 9.81 Å². The van der Waals surface area contributed by atoms with Crippen molar-refractivity contribution in [3.8, 4) is 0 Å². The van der Waals surface area contributed by atoms with E-state index in [1.807, 2.05) is 41.5 Å².